The summed E-state index contributed by atoms with van der Waals surface area (Å²) in [6.45, 7) is 1.96. The van der Waals surface area contributed by atoms with Gasteiger partial charge in [-0.25, -0.2) is 4.98 Å². The van der Waals surface area contributed by atoms with Gasteiger partial charge in [-0.15, -0.1) is 0 Å². The highest BCUT2D eigenvalue weighted by Gasteiger charge is 2.36. The van der Waals surface area contributed by atoms with E-state index in [1.54, 1.807) is 0 Å². The van der Waals surface area contributed by atoms with Crippen molar-refractivity contribution in [2.45, 2.75) is 25.8 Å². The number of carbonyl (C=O) groups excluding carboxylic acids is 2. The van der Waals surface area contributed by atoms with Crippen LogP contribution in [0.5, 0.6) is 0 Å². The average Bonchev–Trinajstić information content (AvgIpc) is 2.81. The fourth-order valence-electron chi connectivity index (χ4n) is 1.47. The number of carbonyl (C=O) groups is 2. The van der Waals surface area contributed by atoms with Crippen LogP contribution in [0.3, 0.4) is 0 Å². The third-order valence-electron chi connectivity index (χ3n) is 2.46. The molecule has 2 rings (SSSR count). The number of likely N-dealkylation sites (tertiary alicyclic amines) is 1. The molecule has 6 nitrogen and oxygen atoms in total. The van der Waals surface area contributed by atoms with Gasteiger partial charge in [0, 0.05) is 25.0 Å². The van der Waals surface area contributed by atoms with Crippen molar-refractivity contribution in [3.05, 3.63) is 5.82 Å². The van der Waals surface area contributed by atoms with Crippen molar-refractivity contribution in [2.24, 2.45) is 0 Å². The Hall–Kier alpha value is -1.50. The summed E-state index contributed by atoms with van der Waals surface area (Å²) in [5.74, 6) is 0.374. The van der Waals surface area contributed by atoms with Crippen molar-refractivity contribution < 1.29 is 9.59 Å². The lowest BCUT2D eigenvalue weighted by molar-refractivity contribution is -0.136. The number of nitrogens with zero attached hydrogens (tertiary/aromatic N) is 3. The van der Waals surface area contributed by atoms with Crippen LogP contribution in [0.4, 0.5) is 5.13 Å². The van der Waals surface area contributed by atoms with E-state index in [0.717, 1.165) is 17.1 Å². The van der Waals surface area contributed by atoms with Crippen molar-refractivity contribution >= 4 is 28.5 Å². The molecule has 1 fully saturated rings. The molecule has 1 aliphatic rings. The highest BCUT2D eigenvalue weighted by Crippen LogP contribution is 2.18. The van der Waals surface area contributed by atoms with E-state index in [1.807, 2.05) is 6.92 Å². The first-order valence-corrected chi connectivity index (χ1v) is 5.78. The molecule has 0 bridgehead atoms. The third-order valence-corrected chi connectivity index (χ3v) is 3.15. The van der Waals surface area contributed by atoms with Crippen LogP contribution < -0.4 is 5.32 Å². The Labute approximate surface area is 96.8 Å². The van der Waals surface area contributed by atoms with Gasteiger partial charge in [-0.2, -0.15) is 4.37 Å². The SMILES string of the molecule is CCc1nsc(NC2CC(=O)N(C)C2=O)n1. The summed E-state index contributed by atoms with van der Waals surface area (Å²) in [6.07, 6.45) is 0.950. The molecule has 0 aliphatic carbocycles. The largest absolute Gasteiger partial charge is 0.348 e. The Bertz CT molecular complexity index is 431. The van der Waals surface area contributed by atoms with Crippen molar-refractivity contribution in [3.8, 4) is 0 Å². The summed E-state index contributed by atoms with van der Waals surface area (Å²) in [4.78, 5) is 28.2. The molecule has 1 aliphatic heterocycles. The maximum absolute atomic E-state index is 11.6. The van der Waals surface area contributed by atoms with E-state index in [0.29, 0.717) is 5.13 Å². The van der Waals surface area contributed by atoms with Gasteiger partial charge in [0.25, 0.3) is 5.91 Å². The highest BCUT2D eigenvalue weighted by molar-refractivity contribution is 7.09. The number of hydrogen-bond donors (Lipinski definition) is 1. The first-order valence-electron chi connectivity index (χ1n) is 5.01. The second kappa shape index (κ2) is 4.17. The molecule has 0 saturated carbocycles. The molecule has 1 atom stereocenters. The zero-order valence-corrected chi connectivity index (χ0v) is 9.87. The topological polar surface area (TPSA) is 75.2 Å². The van der Waals surface area contributed by atoms with E-state index < -0.39 is 6.04 Å². The molecule has 7 heteroatoms. The van der Waals surface area contributed by atoms with Gasteiger partial charge in [-0.1, -0.05) is 6.92 Å². The summed E-state index contributed by atoms with van der Waals surface area (Å²) in [5.41, 5.74) is 0. The number of hydrogen-bond acceptors (Lipinski definition) is 6. The van der Waals surface area contributed by atoms with Crippen molar-refractivity contribution in [2.75, 3.05) is 12.4 Å². The zero-order chi connectivity index (χ0) is 11.7. The fourth-order valence-corrected chi connectivity index (χ4v) is 2.18. The van der Waals surface area contributed by atoms with Crippen molar-refractivity contribution in [3.63, 3.8) is 0 Å². The van der Waals surface area contributed by atoms with Crippen LogP contribution in [0.1, 0.15) is 19.2 Å². The van der Waals surface area contributed by atoms with Crippen LogP contribution in [0, 0.1) is 0 Å². The van der Waals surface area contributed by atoms with Crippen molar-refractivity contribution in [1.29, 1.82) is 0 Å². The predicted molar refractivity (Wildman–Crippen MR) is 59.1 cm³/mol. The van der Waals surface area contributed by atoms with E-state index in [-0.39, 0.29) is 18.2 Å². The van der Waals surface area contributed by atoms with Crippen LogP contribution in [-0.4, -0.2) is 39.2 Å². The minimum absolute atomic E-state index is 0.164. The van der Waals surface area contributed by atoms with Gasteiger partial charge >= 0.3 is 0 Å². The van der Waals surface area contributed by atoms with Gasteiger partial charge in [0.05, 0.1) is 6.42 Å². The molecule has 1 aromatic heterocycles. The summed E-state index contributed by atoms with van der Waals surface area (Å²) < 4.78 is 4.10. The molecule has 1 aromatic rings. The van der Waals surface area contributed by atoms with E-state index in [4.69, 9.17) is 0 Å². The third kappa shape index (κ3) is 1.90. The maximum atomic E-state index is 11.6. The van der Waals surface area contributed by atoms with E-state index in [2.05, 4.69) is 14.7 Å². The second-order valence-electron chi connectivity index (χ2n) is 3.56. The summed E-state index contributed by atoms with van der Waals surface area (Å²) in [5, 5.41) is 3.53. The molecule has 16 heavy (non-hydrogen) atoms. The lowest BCUT2D eigenvalue weighted by Crippen LogP contribution is -2.31. The smallest absolute Gasteiger partial charge is 0.251 e. The lowest BCUT2D eigenvalue weighted by Gasteiger charge is -2.08. The molecule has 0 radical (unpaired) electrons. The lowest BCUT2D eigenvalue weighted by atomic mass is 10.2. The van der Waals surface area contributed by atoms with Gasteiger partial charge < -0.3 is 5.32 Å². The molecule has 1 saturated heterocycles. The van der Waals surface area contributed by atoms with E-state index >= 15 is 0 Å². The molecule has 86 valence electrons. The Morgan fingerprint density at radius 3 is 2.81 bits per heavy atom. The Balaban J connectivity index is 2.05. The molecular weight excluding hydrogens is 228 g/mol. The first-order chi connectivity index (χ1) is 7.61. The van der Waals surface area contributed by atoms with Crippen LogP contribution in [0.15, 0.2) is 0 Å². The Kier molecular flexibility index (Phi) is 2.86. The van der Waals surface area contributed by atoms with Gasteiger partial charge in [0.15, 0.2) is 0 Å². The van der Waals surface area contributed by atoms with Crippen molar-refractivity contribution in [1.82, 2.24) is 14.3 Å². The molecule has 2 heterocycles. The van der Waals surface area contributed by atoms with Crippen LogP contribution in [0.25, 0.3) is 0 Å². The standard InChI is InChI=1S/C9H12N4O2S/c1-3-6-11-9(16-12-6)10-5-4-7(14)13(2)8(5)15/h5H,3-4H2,1-2H3,(H,10,11,12). The number of anilines is 1. The quantitative estimate of drug-likeness (QED) is 0.767. The minimum Gasteiger partial charge on any atom is -0.348 e. The zero-order valence-electron chi connectivity index (χ0n) is 9.06. The first kappa shape index (κ1) is 11.0. The highest BCUT2D eigenvalue weighted by atomic mass is 32.1. The number of amides is 2. The Morgan fingerprint density at radius 1 is 1.56 bits per heavy atom. The Morgan fingerprint density at radius 2 is 2.31 bits per heavy atom. The monoisotopic (exact) mass is 240 g/mol. The number of likely N-dealkylation sites (N-methyl/N-ethyl adjacent to an activating group) is 1. The number of nitrogens with one attached hydrogen (secondary N) is 1. The predicted octanol–water partition coefficient (Wildman–Crippen LogP) is 0.270. The van der Waals surface area contributed by atoms with Gasteiger partial charge in [0.2, 0.25) is 11.0 Å². The van der Waals surface area contributed by atoms with E-state index in [9.17, 15) is 9.59 Å². The van der Waals surface area contributed by atoms with Crippen LogP contribution in [-0.2, 0) is 16.0 Å². The van der Waals surface area contributed by atoms with Crippen LogP contribution >= 0.6 is 11.5 Å². The second-order valence-corrected chi connectivity index (χ2v) is 4.31. The average molecular weight is 240 g/mol. The summed E-state index contributed by atoms with van der Waals surface area (Å²) >= 11 is 1.21. The number of aryl methyl sites for hydroxylation is 1. The molecule has 0 aromatic carbocycles. The molecule has 0 spiro atoms. The number of aromatic nitrogens is 2. The van der Waals surface area contributed by atoms with Gasteiger partial charge in [0.1, 0.15) is 11.9 Å². The minimum atomic E-state index is -0.491. The molecular formula is C9H12N4O2S. The molecule has 1 unspecified atom stereocenters. The molecule has 1 N–H and O–H groups in total. The van der Waals surface area contributed by atoms with E-state index in [1.165, 1.54) is 18.6 Å². The maximum Gasteiger partial charge on any atom is 0.251 e. The normalized spacial score (nSPS) is 20.6. The molecule has 2 amide bonds. The number of rotatable bonds is 3. The summed E-state index contributed by atoms with van der Waals surface area (Å²) in [6, 6.07) is -0.491. The number of imide groups is 1. The summed E-state index contributed by atoms with van der Waals surface area (Å²) in [7, 11) is 1.49. The van der Waals surface area contributed by atoms with Gasteiger partial charge in [-0.05, 0) is 0 Å². The van der Waals surface area contributed by atoms with Crippen LogP contribution in [0.2, 0.25) is 0 Å². The fraction of sp³-hybridized carbons (Fsp3) is 0.556. The van der Waals surface area contributed by atoms with Gasteiger partial charge in [-0.3, -0.25) is 14.5 Å².